The number of amides is 1. The first kappa shape index (κ1) is 17.0. The zero-order chi connectivity index (χ0) is 17.4. The minimum absolute atomic E-state index is 0.0990. The highest BCUT2D eigenvalue weighted by Crippen LogP contribution is 2.36. The Morgan fingerprint density at radius 2 is 2.16 bits per heavy atom. The van der Waals surface area contributed by atoms with E-state index in [1.807, 2.05) is 23.4 Å². The topological polar surface area (TPSA) is 69.5 Å². The summed E-state index contributed by atoms with van der Waals surface area (Å²) in [6.07, 6.45) is 5.09. The standard InChI is InChI=1S/C18H28N4O3/c1-13-19-14(2)22(20-13)10-16-5-6-18(25-16)11-21(7-8-24-12-18)17(23)9-15-3-4-15/h15-16H,3-12H2,1-2H3/t16-,18-/m1/s1. The summed E-state index contributed by atoms with van der Waals surface area (Å²) in [4.78, 5) is 18.9. The number of ether oxygens (including phenoxy) is 2. The molecule has 7 heteroatoms. The second-order valence-corrected chi connectivity index (χ2v) is 7.87. The van der Waals surface area contributed by atoms with Gasteiger partial charge in [0.05, 0.1) is 32.4 Å². The monoisotopic (exact) mass is 348 g/mol. The van der Waals surface area contributed by atoms with Gasteiger partial charge in [-0.1, -0.05) is 0 Å². The lowest BCUT2D eigenvalue weighted by molar-refractivity contribution is -0.136. The van der Waals surface area contributed by atoms with Crippen molar-refractivity contribution in [2.45, 2.75) is 64.2 Å². The third-order valence-corrected chi connectivity index (χ3v) is 5.54. The zero-order valence-corrected chi connectivity index (χ0v) is 15.2. The Balaban J connectivity index is 1.40. The number of hydrogen-bond acceptors (Lipinski definition) is 5. The Hall–Kier alpha value is -1.47. The van der Waals surface area contributed by atoms with E-state index < -0.39 is 0 Å². The first-order chi connectivity index (χ1) is 12.0. The average molecular weight is 348 g/mol. The predicted octanol–water partition coefficient (Wildman–Crippen LogP) is 1.47. The molecule has 1 amide bonds. The van der Waals surface area contributed by atoms with Crippen LogP contribution in [0.25, 0.3) is 0 Å². The molecule has 4 rings (SSSR count). The lowest BCUT2D eigenvalue weighted by atomic mass is 10.00. The van der Waals surface area contributed by atoms with E-state index in [9.17, 15) is 4.79 Å². The fraction of sp³-hybridized carbons (Fsp3) is 0.833. The van der Waals surface area contributed by atoms with Gasteiger partial charge in [0, 0.05) is 13.0 Å². The normalized spacial score (nSPS) is 30.0. The molecule has 1 spiro atoms. The van der Waals surface area contributed by atoms with E-state index in [0.717, 1.165) is 24.5 Å². The number of carbonyl (C=O) groups excluding carboxylic acids is 1. The Bertz CT molecular complexity index is 642. The average Bonchev–Trinajstić information content (AvgIpc) is 3.25. The smallest absolute Gasteiger partial charge is 0.223 e. The van der Waals surface area contributed by atoms with Gasteiger partial charge < -0.3 is 14.4 Å². The van der Waals surface area contributed by atoms with Gasteiger partial charge in [-0.05, 0) is 45.4 Å². The SMILES string of the molecule is Cc1nc(C)n(C[C@H]2CC[C@@]3(COCCN(C(=O)CC4CC4)C3)O2)n1. The maximum atomic E-state index is 12.6. The minimum Gasteiger partial charge on any atom is -0.377 e. The molecule has 0 radical (unpaired) electrons. The molecule has 7 nitrogen and oxygen atoms in total. The van der Waals surface area contributed by atoms with Crippen LogP contribution in [0.15, 0.2) is 0 Å². The van der Waals surface area contributed by atoms with E-state index in [4.69, 9.17) is 9.47 Å². The molecule has 25 heavy (non-hydrogen) atoms. The maximum absolute atomic E-state index is 12.6. The largest absolute Gasteiger partial charge is 0.377 e. The molecule has 1 saturated carbocycles. The molecular formula is C18H28N4O3. The summed E-state index contributed by atoms with van der Waals surface area (Å²) in [5, 5.41) is 4.44. The van der Waals surface area contributed by atoms with Gasteiger partial charge in [0.15, 0.2) is 0 Å². The molecule has 2 atom stereocenters. The molecule has 3 heterocycles. The number of nitrogens with zero attached hydrogens (tertiary/aromatic N) is 4. The van der Waals surface area contributed by atoms with Gasteiger partial charge in [0.2, 0.25) is 5.91 Å². The van der Waals surface area contributed by atoms with Crippen LogP contribution in [0, 0.1) is 19.8 Å². The summed E-state index contributed by atoms with van der Waals surface area (Å²) in [6.45, 7) is 7.11. The molecule has 1 aromatic rings. The second-order valence-electron chi connectivity index (χ2n) is 7.87. The van der Waals surface area contributed by atoms with Crippen LogP contribution in [0.2, 0.25) is 0 Å². The van der Waals surface area contributed by atoms with Crippen molar-refractivity contribution in [2.24, 2.45) is 5.92 Å². The second kappa shape index (κ2) is 6.68. The van der Waals surface area contributed by atoms with Gasteiger partial charge in [-0.3, -0.25) is 4.79 Å². The van der Waals surface area contributed by atoms with Gasteiger partial charge in [-0.2, -0.15) is 5.10 Å². The Labute approximate surface area is 148 Å². The highest BCUT2D eigenvalue weighted by Gasteiger charge is 2.44. The molecule has 0 bridgehead atoms. The van der Waals surface area contributed by atoms with Crippen LogP contribution in [-0.2, 0) is 20.8 Å². The summed E-state index contributed by atoms with van der Waals surface area (Å²) in [5.41, 5.74) is -0.357. The van der Waals surface area contributed by atoms with Crippen molar-refractivity contribution in [2.75, 3.05) is 26.3 Å². The van der Waals surface area contributed by atoms with Crippen LogP contribution < -0.4 is 0 Å². The van der Waals surface area contributed by atoms with Crippen LogP contribution >= 0.6 is 0 Å². The van der Waals surface area contributed by atoms with Gasteiger partial charge in [0.1, 0.15) is 17.2 Å². The number of hydrogen-bond donors (Lipinski definition) is 0. The molecule has 0 aromatic carbocycles. The summed E-state index contributed by atoms with van der Waals surface area (Å²) in [6, 6.07) is 0. The molecule has 1 aromatic heterocycles. The molecule has 3 fully saturated rings. The van der Waals surface area contributed by atoms with Crippen molar-refractivity contribution in [3.8, 4) is 0 Å². The van der Waals surface area contributed by atoms with Crippen molar-refractivity contribution >= 4 is 5.91 Å². The fourth-order valence-corrected chi connectivity index (χ4v) is 3.99. The lowest BCUT2D eigenvalue weighted by Gasteiger charge is -2.32. The molecule has 3 aliphatic rings. The predicted molar refractivity (Wildman–Crippen MR) is 91.1 cm³/mol. The molecule has 2 saturated heterocycles. The highest BCUT2D eigenvalue weighted by molar-refractivity contribution is 5.76. The van der Waals surface area contributed by atoms with E-state index in [1.54, 1.807) is 0 Å². The molecule has 0 unspecified atom stereocenters. The molecule has 138 valence electrons. The van der Waals surface area contributed by atoms with E-state index >= 15 is 0 Å². The van der Waals surface area contributed by atoms with Crippen molar-refractivity contribution < 1.29 is 14.3 Å². The number of aromatic nitrogens is 3. The Morgan fingerprint density at radius 3 is 2.88 bits per heavy atom. The maximum Gasteiger partial charge on any atom is 0.223 e. The Morgan fingerprint density at radius 1 is 1.32 bits per heavy atom. The summed E-state index contributed by atoms with van der Waals surface area (Å²) in [7, 11) is 0. The van der Waals surface area contributed by atoms with Crippen molar-refractivity contribution in [1.29, 1.82) is 0 Å². The van der Waals surface area contributed by atoms with Crippen molar-refractivity contribution in [3.05, 3.63) is 11.6 Å². The van der Waals surface area contributed by atoms with E-state index in [0.29, 0.717) is 45.2 Å². The van der Waals surface area contributed by atoms with E-state index in [2.05, 4.69) is 10.1 Å². The Kier molecular flexibility index (Phi) is 4.54. The van der Waals surface area contributed by atoms with Gasteiger partial charge in [-0.25, -0.2) is 9.67 Å². The molecule has 2 aliphatic heterocycles. The van der Waals surface area contributed by atoms with Crippen molar-refractivity contribution in [1.82, 2.24) is 19.7 Å². The molecule has 0 N–H and O–H groups in total. The van der Waals surface area contributed by atoms with Crippen molar-refractivity contribution in [3.63, 3.8) is 0 Å². The van der Waals surface area contributed by atoms with Crippen LogP contribution in [0.3, 0.4) is 0 Å². The zero-order valence-electron chi connectivity index (χ0n) is 15.2. The first-order valence-electron chi connectivity index (χ1n) is 9.44. The highest BCUT2D eigenvalue weighted by atomic mass is 16.6. The lowest BCUT2D eigenvalue weighted by Crippen LogP contribution is -2.47. The number of aryl methyl sites for hydroxylation is 2. The number of rotatable bonds is 4. The number of carbonyl (C=O) groups is 1. The summed E-state index contributed by atoms with van der Waals surface area (Å²) < 4.78 is 14.2. The molecular weight excluding hydrogens is 320 g/mol. The third-order valence-electron chi connectivity index (χ3n) is 5.54. The third kappa shape index (κ3) is 3.87. The first-order valence-corrected chi connectivity index (χ1v) is 9.44. The van der Waals surface area contributed by atoms with Crippen LogP contribution in [0.5, 0.6) is 0 Å². The van der Waals surface area contributed by atoms with E-state index in [1.165, 1.54) is 12.8 Å². The summed E-state index contributed by atoms with van der Waals surface area (Å²) in [5.74, 6) is 2.59. The van der Waals surface area contributed by atoms with Crippen LogP contribution in [-0.4, -0.2) is 63.6 Å². The van der Waals surface area contributed by atoms with Gasteiger partial charge in [-0.15, -0.1) is 0 Å². The van der Waals surface area contributed by atoms with Gasteiger partial charge >= 0.3 is 0 Å². The van der Waals surface area contributed by atoms with Crippen LogP contribution in [0.4, 0.5) is 0 Å². The van der Waals surface area contributed by atoms with Gasteiger partial charge in [0.25, 0.3) is 0 Å². The van der Waals surface area contributed by atoms with E-state index in [-0.39, 0.29) is 17.6 Å². The minimum atomic E-state index is -0.357. The summed E-state index contributed by atoms with van der Waals surface area (Å²) >= 11 is 0. The van der Waals surface area contributed by atoms with Crippen LogP contribution in [0.1, 0.15) is 43.8 Å². The molecule has 1 aliphatic carbocycles. The quantitative estimate of drug-likeness (QED) is 0.824. The fourth-order valence-electron chi connectivity index (χ4n) is 3.99.